The predicted octanol–water partition coefficient (Wildman–Crippen LogP) is 2.19. The molecule has 1 N–H and O–H groups in total. The van der Waals surface area contributed by atoms with Gasteiger partial charge in [0.1, 0.15) is 0 Å². The summed E-state index contributed by atoms with van der Waals surface area (Å²) in [5, 5.41) is 3.45. The van der Waals surface area contributed by atoms with Gasteiger partial charge in [-0.15, -0.1) is 0 Å². The van der Waals surface area contributed by atoms with Gasteiger partial charge < -0.3 is 10.1 Å². The van der Waals surface area contributed by atoms with E-state index in [9.17, 15) is 0 Å². The van der Waals surface area contributed by atoms with Gasteiger partial charge in [-0.25, -0.2) is 0 Å². The van der Waals surface area contributed by atoms with E-state index in [0.29, 0.717) is 12.1 Å². The lowest BCUT2D eigenvalue weighted by molar-refractivity contribution is 0.0318. The standard InChI is InChI=1S/C11H23NO/c1-4-11(12-5-2)9(3)13-8-10-6-7-10/h9-12H,4-8H2,1-3H3. The second kappa shape index (κ2) is 5.61. The average molecular weight is 185 g/mol. The van der Waals surface area contributed by atoms with Crippen LogP contribution >= 0.6 is 0 Å². The number of nitrogens with one attached hydrogen (secondary N) is 1. The molecule has 0 saturated heterocycles. The first-order valence-corrected chi connectivity index (χ1v) is 5.62. The van der Waals surface area contributed by atoms with Gasteiger partial charge in [0.2, 0.25) is 0 Å². The molecule has 0 bridgehead atoms. The fourth-order valence-corrected chi connectivity index (χ4v) is 1.59. The lowest BCUT2D eigenvalue weighted by Gasteiger charge is -2.23. The van der Waals surface area contributed by atoms with Gasteiger partial charge in [-0.3, -0.25) is 0 Å². The summed E-state index contributed by atoms with van der Waals surface area (Å²) in [4.78, 5) is 0. The molecule has 1 rings (SSSR count). The summed E-state index contributed by atoms with van der Waals surface area (Å²) in [7, 11) is 0. The summed E-state index contributed by atoms with van der Waals surface area (Å²) in [5.74, 6) is 0.876. The third-order valence-electron chi connectivity index (χ3n) is 2.76. The molecule has 2 nitrogen and oxygen atoms in total. The van der Waals surface area contributed by atoms with E-state index in [1.54, 1.807) is 0 Å². The Bertz CT molecular complexity index is 134. The van der Waals surface area contributed by atoms with E-state index in [-0.39, 0.29) is 0 Å². The highest BCUT2D eigenvalue weighted by Gasteiger charge is 2.23. The normalized spacial score (nSPS) is 21.5. The molecule has 2 atom stereocenters. The van der Waals surface area contributed by atoms with Crippen LogP contribution in [0.1, 0.15) is 40.0 Å². The molecule has 1 fully saturated rings. The largest absolute Gasteiger partial charge is 0.377 e. The quantitative estimate of drug-likeness (QED) is 0.656. The molecule has 0 amide bonds. The molecule has 0 aromatic carbocycles. The van der Waals surface area contributed by atoms with Gasteiger partial charge in [0, 0.05) is 12.6 Å². The Hall–Kier alpha value is -0.0800. The molecule has 2 heteroatoms. The first-order chi connectivity index (χ1) is 6.27. The molecule has 0 aliphatic heterocycles. The molecule has 0 spiro atoms. The Labute approximate surface area is 82.0 Å². The second-order valence-electron chi connectivity index (χ2n) is 4.05. The summed E-state index contributed by atoms with van der Waals surface area (Å²) >= 11 is 0. The van der Waals surface area contributed by atoms with Crippen LogP contribution in [-0.2, 0) is 4.74 Å². The van der Waals surface area contributed by atoms with Crippen LogP contribution in [0.5, 0.6) is 0 Å². The zero-order valence-electron chi connectivity index (χ0n) is 9.18. The van der Waals surface area contributed by atoms with E-state index in [1.807, 2.05) is 0 Å². The summed E-state index contributed by atoms with van der Waals surface area (Å²) in [6, 6.07) is 0.531. The minimum Gasteiger partial charge on any atom is -0.377 e. The Kier molecular flexibility index (Phi) is 4.74. The Morgan fingerprint density at radius 3 is 2.54 bits per heavy atom. The van der Waals surface area contributed by atoms with Crippen molar-refractivity contribution in [2.45, 2.75) is 52.2 Å². The molecule has 0 aromatic heterocycles. The van der Waals surface area contributed by atoms with Gasteiger partial charge in [0.25, 0.3) is 0 Å². The fraction of sp³-hybridized carbons (Fsp3) is 1.00. The van der Waals surface area contributed by atoms with E-state index in [1.165, 1.54) is 12.8 Å². The summed E-state index contributed by atoms with van der Waals surface area (Å²) in [6.07, 6.45) is 4.28. The number of rotatable bonds is 7. The minimum absolute atomic E-state index is 0.366. The first-order valence-electron chi connectivity index (χ1n) is 5.62. The summed E-state index contributed by atoms with van der Waals surface area (Å²) < 4.78 is 5.81. The Morgan fingerprint density at radius 1 is 1.38 bits per heavy atom. The van der Waals surface area contributed by atoms with Gasteiger partial charge >= 0.3 is 0 Å². The van der Waals surface area contributed by atoms with Gasteiger partial charge in [0.05, 0.1) is 6.10 Å². The van der Waals surface area contributed by atoms with Crippen molar-refractivity contribution in [2.24, 2.45) is 5.92 Å². The third kappa shape index (κ3) is 4.10. The van der Waals surface area contributed by atoms with Crippen molar-refractivity contribution in [1.82, 2.24) is 5.32 Å². The van der Waals surface area contributed by atoms with Crippen LogP contribution in [0.15, 0.2) is 0 Å². The molecule has 2 unspecified atom stereocenters. The van der Waals surface area contributed by atoms with Crippen molar-refractivity contribution in [3.05, 3.63) is 0 Å². The van der Waals surface area contributed by atoms with Crippen molar-refractivity contribution >= 4 is 0 Å². The number of hydrogen-bond acceptors (Lipinski definition) is 2. The minimum atomic E-state index is 0.366. The maximum absolute atomic E-state index is 5.81. The highest BCUT2D eigenvalue weighted by Crippen LogP contribution is 2.29. The predicted molar refractivity (Wildman–Crippen MR) is 55.9 cm³/mol. The summed E-state index contributed by atoms with van der Waals surface area (Å²) in [6.45, 7) is 8.55. The maximum Gasteiger partial charge on any atom is 0.0699 e. The smallest absolute Gasteiger partial charge is 0.0699 e. The number of likely N-dealkylation sites (N-methyl/N-ethyl adjacent to an activating group) is 1. The average Bonchev–Trinajstić information content (AvgIpc) is 2.93. The molecular formula is C11H23NO. The zero-order valence-corrected chi connectivity index (χ0v) is 9.18. The van der Waals surface area contributed by atoms with Crippen LogP contribution in [0.25, 0.3) is 0 Å². The van der Waals surface area contributed by atoms with Gasteiger partial charge in [-0.2, -0.15) is 0 Å². The van der Waals surface area contributed by atoms with Crippen LogP contribution in [0.4, 0.5) is 0 Å². The van der Waals surface area contributed by atoms with Crippen molar-refractivity contribution in [1.29, 1.82) is 0 Å². The molecule has 0 radical (unpaired) electrons. The number of ether oxygens (including phenoxy) is 1. The fourth-order valence-electron chi connectivity index (χ4n) is 1.59. The van der Waals surface area contributed by atoms with E-state index < -0.39 is 0 Å². The van der Waals surface area contributed by atoms with Gasteiger partial charge in [-0.1, -0.05) is 13.8 Å². The third-order valence-corrected chi connectivity index (χ3v) is 2.76. The highest BCUT2D eigenvalue weighted by molar-refractivity contribution is 4.76. The zero-order chi connectivity index (χ0) is 9.68. The van der Waals surface area contributed by atoms with Gasteiger partial charge in [0.15, 0.2) is 0 Å². The molecule has 0 heterocycles. The Morgan fingerprint density at radius 2 is 2.08 bits per heavy atom. The lowest BCUT2D eigenvalue weighted by Crippen LogP contribution is -2.39. The van der Waals surface area contributed by atoms with Crippen LogP contribution in [-0.4, -0.2) is 25.3 Å². The molecule has 1 aliphatic carbocycles. The van der Waals surface area contributed by atoms with Crippen molar-refractivity contribution < 1.29 is 4.74 Å². The monoisotopic (exact) mass is 185 g/mol. The van der Waals surface area contributed by atoms with Gasteiger partial charge in [-0.05, 0) is 38.6 Å². The first kappa shape index (κ1) is 11.0. The van der Waals surface area contributed by atoms with Crippen LogP contribution in [0, 0.1) is 5.92 Å². The van der Waals surface area contributed by atoms with Crippen molar-refractivity contribution in [2.75, 3.05) is 13.2 Å². The van der Waals surface area contributed by atoms with Crippen molar-refractivity contribution in [3.8, 4) is 0 Å². The number of hydrogen-bond donors (Lipinski definition) is 1. The van der Waals surface area contributed by atoms with Crippen LogP contribution in [0.2, 0.25) is 0 Å². The second-order valence-corrected chi connectivity index (χ2v) is 4.05. The van der Waals surface area contributed by atoms with E-state index in [4.69, 9.17) is 4.74 Å². The van der Waals surface area contributed by atoms with Crippen molar-refractivity contribution in [3.63, 3.8) is 0 Å². The van der Waals surface area contributed by atoms with Crippen LogP contribution < -0.4 is 5.32 Å². The molecule has 13 heavy (non-hydrogen) atoms. The topological polar surface area (TPSA) is 21.3 Å². The molecule has 1 saturated carbocycles. The Balaban J connectivity index is 2.12. The molecular weight excluding hydrogens is 162 g/mol. The highest BCUT2D eigenvalue weighted by atomic mass is 16.5. The summed E-state index contributed by atoms with van der Waals surface area (Å²) in [5.41, 5.74) is 0. The van der Waals surface area contributed by atoms with E-state index in [2.05, 4.69) is 26.1 Å². The van der Waals surface area contributed by atoms with E-state index in [0.717, 1.165) is 25.5 Å². The maximum atomic E-state index is 5.81. The SMILES string of the molecule is CCNC(CC)C(C)OCC1CC1. The molecule has 1 aliphatic rings. The molecule has 78 valence electrons. The lowest BCUT2D eigenvalue weighted by atomic mass is 10.1. The van der Waals surface area contributed by atoms with Crippen LogP contribution in [0.3, 0.4) is 0 Å². The molecule has 0 aromatic rings. The van der Waals surface area contributed by atoms with E-state index >= 15 is 0 Å².